The molecule has 1 fully saturated rings. The molecule has 108 valence electrons. The SMILES string of the molecule is O=C(CN1CCSCC1)NNC(=O)Nc1ccccc1. The van der Waals surface area contributed by atoms with Gasteiger partial charge in [-0.3, -0.25) is 15.1 Å². The summed E-state index contributed by atoms with van der Waals surface area (Å²) in [5, 5.41) is 2.62. The molecule has 1 aliphatic rings. The first-order chi connectivity index (χ1) is 9.74. The van der Waals surface area contributed by atoms with Crippen molar-refractivity contribution in [2.45, 2.75) is 0 Å². The predicted octanol–water partition coefficient (Wildman–Crippen LogP) is 0.888. The minimum atomic E-state index is -0.459. The highest BCUT2D eigenvalue weighted by atomic mass is 32.2. The van der Waals surface area contributed by atoms with Crippen LogP contribution in [0.4, 0.5) is 10.5 Å². The molecule has 0 aliphatic carbocycles. The van der Waals surface area contributed by atoms with Crippen LogP contribution in [0, 0.1) is 0 Å². The van der Waals surface area contributed by atoms with Crippen molar-refractivity contribution >= 4 is 29.4 Å². The lowest BCUT2D eigenvalue weighted by atomic mass is 10.3. The Kier molecular flexibility index (Phi) is 5.69. The van der Waals surface area contributed by atoms with Gasteiger partial charge in [-0.1, -0.05) is 18.2 Å². The quantitative estimate of drug-likeness (QED) is 0.724. The highest BCUT2D eigenvalue weighted by Crippen LogP contribution is 2.08. The molecule has 3 amide bonds. The molecule has 2 rings (SSSR count). The number of rotatable bonds is 3. The third-order valence-electron chi connectivity index (χ3n) is 2.82. The van der Waals surface area contributed by atoms with Crippen molar-refractivity contribution in [2.24, 2.45) is 0 Å². The number of carbonyl (C=O) groups excluding carboxylic acids is 2. The van der Waals surface area contributed by atoms with Crippen LogP contribution in [0.25, 0.3) is 0 Å². The van der Waals surface area contributed by atoms with Crippen LogP contribution in [-0.4, -0.2) is 48.0 Å². The number of benzene rings is 1. The second-order valence-corrected chi connectivity index (χ2v) is 5.61. The zero-order chi connectivity index (χ0) is 14.2. The first kappa shape index (κ1) is 14.7. The lowest BCUT2D eigenvalue weighted by Crippen LogP contribution is -2.49. The van der Waals surface area contributed by atoms with E-state index in [4.69, 9.17) is 0 Å². The van der Waals surface area contributed by atoms with Crippen LogP contribution in [0.15, 0.2) is 30.3 Å². The number of anilines is 1. The Balaban J connectivity index is 1.66. The summed E-state index contributed by atoms with van der Waals surface area (Å²) >= 11 is 1.89. The molecule has 3 N–H and O–H groups in total. The van der Waals surface area contributed by atoms with Crippen molar-refractivity contribution in [2.75, 3.05) is 36.5 Å². The minimum Gasteiger partial charge on any atom is -0.307 e. The summed E-state index contributed by atoms with van der Waals surface area (Å²) in [6.45, 7) is 2.13. The Morgan fingerprint density at radius 1 is 1.10 bits per heavy atom. The van der Waals surface area contributed by atoms with E-state index in [0.717, 1.165) is 24.6 Å². The van der Waals surface area contributed by atoms with Crippen molar-refractivity contribution in [1.82, 2.24) is 15.8 Å². The van der Waals surface area contributed by atoms with Crippen LogP contribution < -0.4 is 16.2 Å². The number of thioether (sulfide) groups is 1. The molecule has 1 aromatic carbocycles. The molecule has 1 heterocycles. The molecule has 0 spiro atoms. The molecule has 0 aromatic heterocycles. The van der Waals surface area contributed by atoms with Crippen LogP contribution in [-0.2, 0) is 4.79 Å². The third kappa shape index (κ3) is 5.10. The smallest absolute Gasteiger partial charge is 0.307 e. The van der Waals surface area contributed by atoms with Crippen molar-refractivity contribution in [3.63, 3.8) is 0 Å². The van der Waals surface area contributed by atoms with E-state index in [-0.39, 0.29) is 5.91 Å². The minimum absolute atomic E-state index is 0.208. The fraction of sp³-hybridized carbons (Fsp3) is 0.385. The first-order valence-corrected chi connectivity index (χ1v) is 7.60. The average molecular weight is 294 g/mol. The summed E-state index contributed by atoms with van der Waals surface area (Å²) in [5.74, 6) is 1.89. The van der Waals surface area contributed by atoms with Crippen LogP contribution >= 0.6 is 11.8 Å². The maximum Gasteiger partial charge on any atom is 0.337 e. The molecule has 0 bridgehead atoms. The Hall–Kier alpha value is -1.73. The fourth-order valence-electron chi connectivity index (χ4n) is 1.81. The van der Waals surface area contributed by atoms with Gasteiger partial charge in [0.15, 0.2) is 0 Å². The number of nitrogens with one attached hydrogen (secondary N) is 3. The maximum atomic E-state index is 11.7. The molecule has 1 saturated heterocycles. The number of hydrogen-bond acceptors (Lipinski definition) is 4. The largest absolute Gasteiger partial charge is 0.337 e. The Labute approximate surface area is 122 Å². The van der Waals surface area contributed by atoms with Gasteiger partial charge in [-0.05, 0) is 12.1 Å². The molecule has 20 heavy (non-hydrogen) atoms. The molecule has 1 aromatic rings. The number of urea groups is 1. The zero-order valence-electron chi connectivity index (χ0n) is 11.1. The van der Waals surface area contributed by atoms with E-state index >= 15 is 0 Å². The molecule has 1 aliphatic heterocycles. The molecule has 0 unspecified atom stereocenters. The van der Waals surface area contributed by atoms with Gasteiger partial charge in [0.2, 0.25) is 0 Å². The van der Waals surface area contributed by atoms with Gasteiger partial charge >= 0.3 is 6.03 Å². The number of hydrazine groups is 1. The Bertz CT molecular complexity index is 449. The zero-order valence-corrected chi connectivity index (χ0v) is 11.9. The average Bonchev–Trinajstić information content (AvgIpc) is 2.47. The molecular weight excluding hydrogens is 276 g/mol. The summed E-state index contributed by atoms with van der Waals surface area (Å²) in [4.78, 5) is 25.3. The van der Waals surface area contributed by atoms with Gasteiger partial charge < -0.3 is 5.32 Å². The van der Waals surface area contributed by atoms with Gasteiger partial charge in [-0.2, -0.15) is 11.8 Å². The maximum absolute atomic E-state index is 11.7. The van der Waals surface area contributed by atoms with Gasteiger partial charge in [0.25, 0.3) is 5.91 Å². The molecule has 0 radical (unpaired) electrons. The van der Waals surface area contributed by atoms with Gasteiger partial charge in [-0.25, -0.2) is 10.2 Å². The number of hydrogen-bond donors (Lipinski definition) is 3. The van der Waals surface area contributed by atoms with Gasteiger partial charge in [0.05, 0.1) is 6.54 Å². The lowest BCUT2D eigenvalue weighted by molar-refractivity contribution is -0.122. The molecule has 7 heteroatoms. The number of carbonyl (C=O) groups is 2. The second-order valence-electron chi connectivity index (χ2n) is 4.38. The van der Waals surface area contributed by atoms with Gasteiger partial charge in [0.1, 0.15) is 0 Å². The van der Waals surface area contributed by atoms with E-state index in [1.807, 2.05) is 30.0 Å². The van der Waals surface area contributed by atoms with Gasteiger partial charge in [-0.15, -0.1) is 0 Å². The monoisotopic (exact) mass is 294 g/mol. The first-order valence-electron chi connectivity index (χ1n) is 6.45. The highest BCUT2D eigenvalue weighted by Gasteiger charge is 2.14. The van der Waals surface area contributed by atoms with E-state index in [9.17, 15) is 9.59 Å². The number of para-hydroxylation sites is 1. The van der Waals surface area contributed by atoms with E-state index in [0.29, 0.717) is 12.2 Å². The van der Waals surface area contributed by atoms with Crippen LogP contribution in [0.5, 0.6) is 0 Å². The summed E-state index contributed by atoms with van der Waals surface area (Å²) in [6.07, 6.45) is 0. The van der Waals surface area contributed by atoms with E-state index in [1.165, 1.54) is 0 Å². The van der Waals surface area contributed by atoms with Crippen LogP contribution in [0.1, 0.15) is 0 Å². The normalized spacial score (nSPS) is 15.4. The second kappa shape index (κ2) is 7.76. The summed E-state index contributed by atoms with van der Waals surface area (Å²) < 4.78 is 0. The van der Waals surface area contributed by atoms with Crippen molar-refractivity contribution in [3.05, 3.63) is 30.3 Å². The van der Waals surface area contributed by atoms with Crippen molar-refractivity contribution in [1.29, 1.82) is 0 Å². The number of nitrogens with zero attached hydrogens (tertiary/aromatic N) is 1. The number of amides is 3. The van der Waals surface area contributed by atoms with E-state index in [2.05, 4.69) is 21.1 Å². The molecule has 0 saturated carbocycles. The third-order valence-corrected chi connectivity index (χ3v) is 3.76. The Morgan fingerprint density at radius 2 is 1.80 bits per heavy atom. The fourth-order valence-corrected chi connectivity index (χ4v) is 2.79. The molecule has 0 atom stereocenters. The predicted molar refractivity (Wildman–Crippen MR) is 80.5 cm³/mol. The topological polar surface area (TPSA) is 73.5 Å². The Morgan fingerprint density at radius 3 is 2.50 bits per heavy atom. The highest BCUT2D eigenvalue weighted by molar-refractivity contribution is 7.99. The van der Waals surface area contributed by atoms with Crippen LogP contribution in [0.2, 0.25) is 0 Å². The van der Waals surface area contributed by atoms with E-state index < -0.39 is 6.03 Å². The summed E-state index contributed by atoms with van der Waals surface area (Å²) in [7, 11) is 0. The van der Waals surface area contributed by atoms with Gasteiger partial charge in [0, 0.05) is 30.3 Å². The standard InChI is InChI=1S/C13H18N4O2S/c18-12(10-17-6-8-20-9-7-17)15-16-13(19)14-11-4-2-1-3-5-11/h1-5H,6-10H2,(H,15,18)(H2,14,16,19). The lowest BCUT2D eigenvalue weighted by Gasteiger charge is -2.25. The van der Waals surface area contributed by atoms with Crippen molar-refractivity contribution in [3.8, 4) is 0 Å². The molecular formula is C13H18N4O2S. The summed E-state index contributed by atoms with van der Waals surface area (Å²) in [6, 6.07) is 8.59. The molecule has 6 nitrogen and oxygen atoms in total. The van der Waals surface area contributed by atoms with Crippen LogP contribution in [0.3, 0.4) is 0 Å². The van der Waals surface area contributed by atoms with E-state index in [1.54, 1.807) is 12.1 Å². The van der Waals surface area contributed by atoms with Crippen molar-refractivity contribution < 1.29 is 9.59 Å². The summed E-state index contributed by atoms with van der Waals surface area (Å²) in [5.41, 5.74) is 5.41.